The summed E-state index contributed by atoms with van der Waals surface area (Å²) in [5, 5.41) is 18.5. The van der Waals surface area contributed by atoms with Crippen molar-refractivity contribution in [2.45, 2.75) is 70.9 Å². The molecule has 0 aromatic carbocycles. The van der Waals surface area contributed by atoms with Crippen molar-refractivity contribution in [1.82, 2.24) is 0 Å². The molecule has 0 aromatic heterocycles. The highest BCUT2D eigenvalue weighted by Crippen LogP contribution is 2.21. The van der Waals surface area contributed by atoms with E-state index in [0.29, 0.717) is 0 Å². The third kappa shape index (κ3) is 6.21. The highest BCUT2D eigenvalue weighted by atomic mass is 16.4. The second-order valence-corrected chi connectivity index (χ2v) is 7.45. The van der Waals surface area contributed by atoms with Gasteiger partial charge in [0.05, 0.1) is 0 Å². The molecule has 144 valence electrons. The number of hydrogen-bond acceptors (Lipinski definition) is 6. The lowest BCUT2D eigenvalue weighted by molar-refractivity contribution is -0.150. The third-order valence-electron chi connectivity index (χ3n) is 4.03. The second kappa shape index (κ2) is 9.05. The number of Topliss-reactive ketones (excluding diaryl/α,β-unsaturated/α-hetero) is 2. The Labute approximate surface area is 147 Å². The van der Waals surface area contributed by atoms with Gasteiger partial charge < -0.3 is 21.7 Å². The minimum Gasteiger partial charge on any atom is -0.480 e. The summed E-state index contributed by atoms with van der Waals surface area (Å²) in [4.78, 5) is 47.1. The Balaban J connectivity index is 4.92. The van der Waals surface area contributed by atoms with Gasteiger partial charge in [0.1, 0.15) is 0 Å². The number of aliphatic carboxylic acids is 2. The molecule has 2 unspecified atom stereocenters. The average molecular weight is 358 g/mol. The highest BCUT2D eigenvalue weighted by Gasteiger charge is 2.43. The lowest BCUT2D eigenvalue weighted by Gasteiger charge is -2.26. The van der Waals surface area contributed by atoms with Crippen LogP contribution in [-0.2, 0) is 19.2 Å². The van der Waals surface area contributed by atoms with Gasteiger partial charge in [-0.25, -0.2) is 9.59 Å². The zero-order valence-corrected chi connectivity index (χ0v) is 15.4. The van der Waals surface area contributed by atoms with Crippen LogP contribution in [0.4, 0.5) is 0 Å². The molecule has 0 saturated carbocycles. The van der Waals surface area contributed by atoms with Crippen molar-refractivity contribution in [1.29, 1.82) is 0 Å². The van der Waals surface area contributed by atoms with Crippen molar-refractivity contribution in [2.24, 2.45) is 23.3 Å². The molecule has 0 fully saturated rings. The molecular formula is C17H30N2O6. The normalized spacial score (nSPS) is 16.3. The van der Waals surface area contributed by atoms with Crippen LogP contribution in [0.3, 0.4) is 0 Å². The molecular weight excluding hydrogens is 328 g/mol. The number of hydrogen-bond donors (Lipinski definition) is 4. The molecule has 0 radical (unpaired) electrons. The molecule has 2 atom stereocenters. The van der Waals surface area contributed by atoms with Crippen molar-refractivity contribution in [2.75, 3.05) is 0 Å². The van der Waals surface area contributed by atoms with Gasteiger partial charge in [-0.15, -0.1) is 0 Å². The van der Waals surface area contributed by atoms with E-state index < -0.39 is 34.6 Å². The van der Waals surface area contributed by atoms with Crippen molar-refractivity contribution < 1.29 is 29.4 Å². The number of carbonyl (C=O) groups is 4. The molecule has 0 aliphatic heterocycles. The fourth-order valence-corrected chi connectivity index (χ4v) is 2.78. The predicted molar refractivity (Wildman–Crippen MR) is 91.9 cm³/mol. The maximum atomic E-state index is 12.2. The van der Waals surface area contributed by atoms with Gasteiger partial charge in [-0.3, -0.25) is 9.59 Å². The molecule has 0 rings (SSSR count). The minimum absolute atomic E-state index is 0.00627. The van der Waals surface area contributed by atoms with E-state index >= 15 is 0 Å². The molecule has 25 heavy (non-hydrogen) atoms. The van der Waals surface area contributed by atoms with E-state index in [9.17, 15) is 29.4 Å². The fraction of sp³-hybridized carbons (Fsp3) is 0.765. The first-order chi connectivity index (χ1) is 11.3. The monoisotopic (exact) mass is 358 g/mol. The third-order valence-corrected chi connectivity index (χ3v) is 4.03. The minimum atomic E-state index is -2.00. The van der Waals surface area contributed by atoms with Crippen LogP contribution in [0.15, 0.2) is 0 Å². The van der Waals surface area contributed by atoms with Gasteiger partial charge in [0.25, 0.3) is 0 Å². The van der Waals surface area contributed by atoms with Crippen LogP contribution >= 0.6 is 0 Å². The molecule has 0 amide bonds. The van der Waals surface area contributed by atoms with Crippen molar-refractivity contribution in [3.8, 4) is 0 Å². The number of nitrogens with two attached hydrogens (primary N) is 2. The Morgan fingerprint density at radius 3 is 1.24 bits per heavy atom. The first-order valence-corrected chi connectivity index (χ1v) is 8.38. The summed E-state index contributed by atoms with van der Waals surface area (Å²) < 4.78 is 0. The molecule has 0 spiro atoms. The van der Waals surface area contributed by atoms with Crippen LogP contribution in [0.25, 0.3) is 0 Å². The lowest BCUT2D eigenvalue weighted by Crippen LogP contribution is -2.56. The van der Waals surface area contributed by atoms with Gasteiger partial charge in [0.15, 0.2) is 22.6 Å². The molecule has 0 aliphatic carbocycles. The summed E-state index contributed by atoms with van der Waals surface area (Å²) in [7, 11) is 0. The number of carboxylic acids is 2. The van der Waals surface area contributed by atoms with E-state index in [4.69, 9.17) is 11.5 Å². The van der Waals surface area contributed by atoms with E-state index in [0.717, 1.165) is 0 Å². The van der Waals surface area contributed by atoms with Gasteiger partial charge in [0.2, 0.25) is 0 Å². The average Bonchev–Trinajstić information content (AvgIpc) is 2.44. The first kappa shape index (κ1) is 23.2. The van der Waals surface area contributed by atoms with Gasteiger partial charge in [-0.1, -0.05) is 27.7 Å². The standard InChI is InChI=1S/C17H30N2O6/c1-10(2)8-16(18,14(22)23)12(20)6-5-7-13(21)17(19,15(24)25)9-11(3)4/h10-11H,5-9,18-19H2,1-4H3,(H,22,23)(H,24,25). The van der Waals surface area contributed by atoms with Crippen LogP contribution in [0.1, 0.15) is 59.8 Å². The second-order valence-electron chi connectivity index (χ2n) is 7.45. The van der Waals surface area contributed by atoms with E-state index in [1.54, 1.807) is 27.7 Å². The number of carbonyl (C=O) groups excluding carboxylic acids is 2. The summed E-state index contributed by atoms with van der Waals surface area (Å²) in [6.45, 7) is 7.01. The summed E-state index contributed by atoms with van der Waals surface area (Å²) in [6.07, 6.45) is -0.472. The largest absolute Gasteiger partial charge is 0.480 e. The van der Waals surface area contributed by atoms with E-state index in [1.807, 2.05) is 0 Å². The number of carboxylic acid groups (broad SMARTS) is 2. The topological polar surface area (TPSA) is 161 Å². The molecule has 0 aliphatic rings. The van der Waals surface area contributed by atoms with Crippen LogP contribution in [0, 0.1) is 11.8 Å². The van der Waals surface area contributed by atoms with Crippen molar-refractivity contribution >= 4 is 23.5 Å². The molecule has 6 N–H and O–H groups in total. The molecule has 0 aromatic rings. The van der Waals surface area contributed by atoms with Crippen LogP contribution < -0.4 is 11.5 Å². The zero-order chi connectivity index (χ0) is 20.0. The quantitative estimate of drug-likeness (QED) is 0.375. The van der Waals surface area contributed by atoms with Gasteiger partial charge in [-0.05, 0) is 31.1 Å². The zero-order valence-electron chi connectivity index (χ0n) is 15.4. The SMILES string of the molecule is CC(C)CC(N)(C(=O)O)C(=O)CCCC(=O)C(N)(CC(C)C)C(=O)O. The van der Waals surface area contributed by atoms with Crippen LogP contribution in [-0.4, -0.2) is 44.8 Å². The number of ketones is 2. The Morgan fingerprint density at radius 2 is 1.04 bits per heavy atom. The maximum Gasteiger partial charge on any atom is 0.331 e. The predicted octanol–water partition coefficient (Wildman–Crippen LogP) is 0.951. The molecule has 0 bridgehead atoms. The number of rotatable bonds is 12. The molecule has 0 heterocycles. The van der Waals surface area contributed by atoms with E-state index in [-0.39, 0.29) is 43.9 Å². The summed E-state index contributed by atoms with van der Waals surface area (Å²) in [5.74, 6) is -4.36. The molecule has 0 saturated heterocycles. The van der Waals surface area contributed by atoms with Crippen LogP contribution in [0.5, 0.6) is 0 Å². The Bertz CT molecular complexity index is 485. The van der Waals surface area contributed by atoms with Crippen molar-refractivity contribution in [3.05, 3.63) is 0 Å². The van der Waals surface area contributed by atoms with Crippen molar-refractivity contribution in [3.63, 3.8) is 0 Å². The van der Waals surface area contributed by atoms with E-state index in [2.05, 4.69) is 0 Å². The highest BCUT2D eigenvalue weighted by molar-refractivity contribution is 6.09. The van der Waals surface area contributed by atoms with Gasteiger partial charge in [-0.2, -0.15) is 0 Å². The Kier molecular flexibility index (Phi) is 8.40. The summed E-state index contributed by atoms with van der Waals surface area (Å²) in [6, 6.07) is 0. The lowest BCUT2D eigenvalue weighted by atomic mass is 9.81. The fourth-order valence-electron chi connectivity index (χ4n) is 2.78. The Hall–Kier alpha value is -1.80. The molecule has 8 nitrogen and oxygen atoms in total. The van der Waals surface area contributed by atoms with E-state index in [1.165, 1.54) is 0 Å². The van der Waals surface area contributed by atoms with Gasteiger partial charge >= 0.3 is 11.9 Å². The Morgan fingerprint density at radius 1 is 0.760 bits per heavy atom. The summed E-state index contributed by atoms with van der Waals surface area (Å²) in [5.41, 5.74) is 7.50. The smallest absolute Gasteiger partial charge is 0.331 e. The van der Waals surface area contributed by atoms with Crippen LogP contribution in [0.2, 0.25) is 0 Å². The molecule has 8 heteroatoms. The first-order valence-electron chi connectivity index (χ1n) is 8.38. The summed E-state index contributed by atoms with van der Waals surface area (Å²) >= 11 is 0. The maximum absolute atomic E-state index is 12.2. The van der Waals surface area contributed by atoms with Gasteiger partial charge in [0, 0.05) is 12.8 Å².